The van der Waals surface area contributed by atoms with Crippen molar-refractivity contribution in [2.45, 2.75) is 89.1 Å². The lowest BCUT2D eigenvalue weighted by Crippen LogP contribution is -2.41. The van der Waals surface area contributed by atoms with Crippen molar-refractivity contribution in [2.75, 3.05) is 14.2 Å². The molecule has 32 heavy (non-hydrogen) atoms. The number of Topliss-reactive ketones (excluding diaryl/α,β-unsaturated/α-hetero) is 1. The molecule has 0 fully saturated rings. The number of halogens is 6. The fourth-order valence-electron chi connectivity index (χ4n) is 3.15. The van der Waals surface area contributed by atoms with E-state index in [0.29, 0.717) is 0 Å². The van der Waals surface area contributed by atoms with Gasteiger partial charge < -0.3 is 18.9 Å². The lowest BCUT2D eigenvalue weighted by Gasteiger charge is -2.32. The first-order chi connectivity index (χ1) is 14.5. The molecule has 0 spiro atoms. The Morgan fingerprint density at radius 2 is 0.969 bits per heavy atom. The molecular weight excluding hydrogens is 454 g/mol. The Labute approximate surface area is 181 Å². The molecule has 0 saturated carbocycles. The second-order valence-corrected chi connectivity index (χ2v) is 7.25. The maximum atomic E-state index is 12.8. The summed E-state index contributed by atoms with van der Waals surface area (Å²) < 4.78 is 95.9. The minimum atomic E-state index is -4.70. The number of hydrogen-bond donors (Lipinski definition) is 0. The zero-order chi connectivity index (χ0) is 25.2. The molecule has 2 unspecified atom stereocenters. The number of ketones is 1. The van der Waals surface area contributed by atoms with E-state index < -0.39 is 67.3 Å². The summed E-state index contributed by atoms with van der Waals surface area (Å²) >= 11 is 0. The number of methoxy groups -OCH3 is 2. The Bertz CT molecular complexity index is 583. The first-order valence-electron chi connectivity index (χ1n) is 9.62. The van der Waals surface area contributed by atoms with Gasteiger partial charge in [-0.25, -0.2) is 0 Å². The van der Waals surface area contributed by atoms with Crippen molar-refractivity contribution in [3.8, 4) is 0 Å². The minimum Gasteiger partial charge on any atom is -0.433 e. The molecule has 2 atom stereocenters. The number of alkyl halides is 6. The maximum absolute atomic E-state index is 12.8. The lowest BCUT2D eigenvalue weighted by molar-refractivity contribution is -0.271. The molecule has 0 rings (SSSR count). The average Bonchev–Trinajstić information content (AvgIpc) is 2.57. The molecule has 0 heterocycles. The van der Waals surface area contributed by atoms with Crippen LogP contribution in [0.5, 0.6) is 0 Å². The highest BCUT2D eigenvalue weighted by Gasteiger charge is 2.46. The molecule has 0 bridgehead atoms. The summed E-state index contributed by atoms with van der Waals surface area (Å²) in [5, 5.41) is 0. The van der Waals surface area contributed by atoms with Gasteiger partial charge in [0.2, 0.25) is 11.6 Å². The van der Waals surface area contributed by atoms with Gasteiger partial charge in [-0.3, -0.25) is 14.4 Å². The van der Waals surface area contributed by atoms with Crippen LogP contribution in [0.2, 0.25) is 0 Å². The van der Waals surface area contributed by atoms with Crippen molar-refractivity contribution in [1.29, 1.82) is 0 Å². The normalized spacial score (nSPS) is 16.1. The van der Waals surface area contributed by atoms with Gasteiger partial charge in [0.05, 0.1) is 0 Å². The molecule has 0 aromatic heterocycles. The highest BCUT2D eigenvalue weighted by molar-refractivity contribution is 5.78. The van der Waals surface area contributed by atoms with Crippen LogP contribution in [0.3, 0.4) is 0 Å². The van der Waals surface area contributed by atoms with Crippen LogP contribution in [0.1, 0.15) is 65.2 Å². The fourth-order valence-corrected chi connectivity index (χ4v) is 3.15. The third-order valence-corrected chi connectivity index (χ3v) is 4.37. The third kappa shape index (κ3) is 12.8. The number of esters is 2. The topological polar surface area (TPSA) is 88.1 Å². The molecule has 0 amide bonds. The van der Waals surface area contributed by atoms with Gasteiger partial charge in [0.15, 0.2) is 0 Å². The second-order valence-electron chi connectivity index (χ2n) is 7.25. The van der Waals surface area contributed by atoms with E-state index in [1.165, 1.54) is 0 Å². The van der Waals surface area contributed by atoms with Crippen molar-refractivity contribution in [3.63, 3.8) is 0 Å². The number of carbonyl (C=O) groups excluding carboxylic acids is 3. The van der Waals surface area contributed by atoms with Crippen molar-refractivity contribution < 1.29 is 59.7 Å². The van der Waals surface area contributed by atoms with Gasteiger partial charge in [0.1, 0.15) is 18.6 Å². The molecule has 7 nitrogen and oxygen atoms in total. The molecule has 0 aromatic rings. The Hall–Kier alpha value is -1.89. The predicted molar refractivity (Wildman–Crippen MR) is 97.1 cm³/mol. The number of ether oxygens (including phenoxy) is 4. The molecule has 0 aliphatic carbocycles. The first kappa shape index (κ1) is 30.1. The van der Waals surface area contributed by atoms with Gasteiger partial charge in [-0.05, 0) is 12.8 Å². The van der Waals surface area contributed by atoms with Gasteiger partial charge in [-0.2, -0.15) is 26.3 Å². The largest absolute Gasteiger partial charge is 0.433 e. The molecule has 0 radical (unpaired) electrons. The van der Waals surface area contributed by atoms with Crippen LogP contribution in [0.4, 0.5) is 26.3 Å². The first-order valence-corrected chi connectivity index (χ1v) is 9.62. The van der Waals surface area contributed by atoms with Crippen molar-refractivity contribution in [1.82, 2.24) is 0 Å². The molecule has 0 N–H and O–H groups in total. The summed E-state index contributed by atoms with van der Waals surface area (Å²) in [5.74, 6) is -7.00. The van der Waals surface area contributed by atoms with E-state index >= 15 is 0 Å². The number of carbonyl (C=O) groups is 3. The standard InChI is InChI=1S/C19H28F6O7/c1-13(26)31-16(29-3,11-18(20,21)22)9-5-7-15(28)8-6-10-17(30-4,32-14(2)27)12-19(23,24)25/h5-12H2,1-4H3. The van der Waals surface area contributed by atoms with E-state index in [1.807, 2.05) is 0 Å². The average molecular weight is 482 g/mol. The van der Waals surface area contributed by atoms with Crippen LogP contribution < -0.4 is 0 Å². The van der Waals surface area contributed by atoms with Crippen LogP contribution in [-0.2, 0) is 33.3 Å². The SMILES string of the molecule is COC(CCCC(=O)CCCC(CC(F)(F)F)(OC)OC(C)=O)(CC(F)(F)F)OC(C)=O. The Balaban J connectivity index is 4.89. The third-order valence-electron chi connectivity index (χ3n) is 4.37. The van der Waals surface area contributed by atoms with Crippen LogP contribution in [0.15, 0.2) is 0 Å². The summed E-state index contributed by atoms with van der Waals surface area (Å²) in [6, 6.07) is 0. The molecule has 0 aliphatic heterocycles. The second kappa shape index (κ2) is 12.4. The Morgan fingerprint density at radius 1 is 0.656 bits per heavy atom. The highest BCUT2D eigenvalue weighted by Crippen LogP contribution is 2.36. The van der Waals surface area contributed by atoms with E-state index in [0.717, 1.165) is 28.1 Å². The van der Waals surface area contributed by atoms with E-state index in [4.69, 9.17) is 18.9 Å². The summed E-state index contributed by atoms with van der Waals surface area (Å²) in [7, 11) is 1.88. The quantitative estimate of drug-likeness (QED) is 0.203. The predicted octanol–water partition coefficient (Wildman–Crippen LogP) is 4.61. The monoisotopic (exact) mass is 482 g/mol. The van der Waals surface area contributed by atoms with E-state index in [-0.39, 0.29) is 25.7 Å². The van der Waals surface area contributed by atoms with E-state index in [2.05, 4.69) is 0 Å². The van der Waals surface area contributed by atoms with Gasteiger partial charge >= 0.3 is 24.3 Å². The zero-order valence-corrected chi connectivity index (χ0v) is 18.3. The van der Waals surface area contributed by atoms with Crippen molar-refractivity contribution >= 4 is 17.7 Å². The summed E-state index contributed by atoms with van der Waals surface area (Å²) in [4.78, 5) is 34.4. The molecule has 0 aromatic carbocycles. The molecule has 188 valence electrons. The van der Waals surface area contributed by atoms with Gasteiger partial charge in [0, 0.05) is 53.8 Å². The van der Waals surface area contributed by atoms with Gasteiger partial charge in [-0.15, -0.1) is 0 Å². The lowest BCUT2D eigenvalue weighted by atomic mass is 9.99. The van der Waals surface area contributed by atoms with E-state index in [1.54, 1.807) is 0 Å². The van der Waals surface area contributed by atoms with E-state index in [9.17, 15) is 40.7 Å². The number of rotatable bonds is 14. The van der Waals surface area contributed by atoms with Crippen LogP contribution in [0, 0.1) is 0 Å². The fraction of sp³-hybridized carbons (Fsp3) is 0.842. The van der Waals surface area contributed by atoms with Crippen molar-refractivity contribution in [2.24, 2.45) is 0 Å². The molecule has 0 saturated heterocycles. The molecule has 0 aliphatic rings. The Morgan fingerprint density at radius 3 is 1.19 bits per heavy atom. The van der Waals surface area contributed by atoms with Gasteiger partial charge in [-0.1, -0.05) is 0 Å². The maximum Gasteiger partial charge on any atom is 0.395 e. The highest BCUT2D eigenvalue weighted by atomic mass is 19.4. The molecule has 13 heteroatoms. The van der Waals surface area contributed by atoms with Crippen LogP contribution in [0.25, 0.3) is 0 Å². The summed E-state index contributed by atoms with van der Waals surface area (Å²) in [6.45, 7) is 1.84. The minimum absolute atomic E-state index is 0.127. The van der Waals surface area contributed by atoms with Crippen LogP contribution >= 0.6 is 0 Å². The van der Waals surface area contributed by atoms with Crippen molar-refractivity contribution in [3.05, 3.63) is 0 Å². The Kier molecular flexibility index (Phi) is 11.6. The number of hydrogen-bond acceptors (Lipinski definition) is 7. The van der Waals surface area contributed by atoms with Crippen LogP contribution in [-0.4, -0.2) is 55.9 Å². The summed E-state index contributed by atoms with van der Waals surface area (Å²) in [5.41, 5.74) is 0. The smallest absolute Gasteiger partial charge is 0.395 e. The summed E-state index contributed by atoms with van der Waals surface area (Å²) in [6.07, 6.45) is -14.1. The zero-order valence-electron chi connectivity index (χ0n) is 18.3. The molecular formula is C19H28F6O7. The van der Waals surface area contributed by atoms with Gasteiger partial charge in [0.25, 0.3) is 0 Å².